The zero-order valence-electron chi connectivity index (χ0n) is 15.2. The summed E-state index contributed by atoms with van der Waals surface area (Å²) in [6.07, 6.45) is 4.30. The molecule has 1 aromatic heterocycles. The molecule has 4 rings (SSSR count). The third-order valence-electron chi connectivity index (χ3n) is 5.41. The number of fused-ring (bicyclic) bond motifs is 1. The number of benzene rings is 1. The third kappa shape index (κ3) is 4.03. The minimum absolute atomic E-state index is 0.0180. The summed E-state index contributed by atoms with van der Waals surface area (Å²) in [5, 5.41) is 3.42. The van der Waals surface area contributed by atoms with Crippen LogP contribution in [0.3, 0.4) is 0 Å². The number of piperazine rings is 1. The average Bonchev–Trinajstić information content (AvgIpc) is 3.48. The van der Waals surface area contributed by atoms with Gasteiger partial charge in [0, 0.05) is 55.7 Å². The van der Waals surface area contributed by atoms with Gasteiger partial charge in [-0.1, -0.05) is 18.2 Å². The molecule has 2 N–H and O–H groups in total. The second-order valence-electron chi connectivity index (χ2n) is 7.29. The molecule has 2 fully saturated rings. The molecular weight excluding hydrogens is 344 g/mol. The van der Waals surface area contributed by atoms with Crippen molar-refractivity contribution >= 4 is 28.5 Å². The number of para-hydroxylation sites is 1. The van der Waals surface area contributed by atoms with Gasteiger partial charge < -0.3 is 15.2 Å². The number of carbonyl (C=O) groups is 3. The Hall–Kier alpha value is -2.67. The van der Waals surface area contributed by atoms with E-state index in [2.05, 4.69) is 15.2 Å². The molecule has 142 valence electrons. The second-order valence-corrected chi connectivity index (χ2v) is 7.29. The Bertz CT molecular complexity index is 863. The van der Waals surface area contributed by atoms with Crippen LogP contribution in [-0.2, 0) is 20.8 Å². The SMILES string of the molecule is O=C(Cc1c[nH]c2ccccc12)C(=O)NCC(=O)N1CCN(C2CC2)CC1. The summed E-state index contributed by atoms with van der Waals surface area (Å²) < 4.78 is 0. The monoisotopic (exact) mass is 368 g/mol. The van der Waals surface area contributed by atoms with Gasteiger partial charge in [-0.2, -0.15) is 0 Å². The van der Waals surface area contributed by atoms with E-state index in [-0.39, 0.29) is 18.9 Å². The molecule has 1 aliphatic heterocycles. The Balaban J connectivity index is 1.25. The number of hydrogen-bond acceptors (Lipinski definition) is 4. The maximum atomic E-state index is 12.3. The summed E-state index contributed by atoms with van der Waals surface area (Å²) >= 11 is 0. The summed E-state index contributed by atoms with van der Waals surface area (Å²) in [6, 6.07) is 8.35. The number of rotatable bonds is 6. The van der Waals surface area contributed by atoms with Crippen LogP contribution in [0.15, 0.2) is 30.5 Å². The lowest BCUT2D eigenvalue weighted by atomic mass is 10.1. The number of nitrogens with zero attached hydrogens (tertiary/aromatic N) is 2. The molecule has 2 aliphatic rings. The van der Waals surface area contributed by atoms with Crippen molar-refractivity contribution in [3.63, 3.8) is 0 Å². The van der Waals surface area contributed by atoms with E-state index in [1.807, 2.05) is 24.3 Å². The molecule has 2 amide bonds. The van der Waals surface area contributed by atoms with Crippen molar-refractivity contribution in [3.05, 3.63) is 36.0 Å². The predicted molar refractivity (Wildman–Crippen MR) is 101 cm³/mol. The lowest BCUT2D eigenvalue weighted by Crippen LogP contribution is -2.52. The first-order valence-corrected chi connectivity index (χ1v) is 9.49. The van der Waals surface area contributed by atoms with Gasteiger partial charge in [0.2, 0.25) is 11.7 Å². The molecule has 7 nitrogen and oxygen atoms in total. The first-order chi connectivity index (χ1) is 13.1. The first-order valence-electron chi connectivity index (χ1n) is 9.49. The van der Waals surface area contributed by atoms with E-state index in [0.717, 1.165) is 29.6 Å². The van der Waals surface area contributed by atoms with E-state index in [1.54, 1.807) is 11.1 Å². The van der Waals surface area contributed by atoms with Crippen molar-refractivity contribution in [3.8, 4) is 0 Å². The number of aromatic amines is 1. The number of Topliss-reactive ketones (excluding diaryl/α,β-unsaturated/α-hetero) is 1. The summed E-state index contributed by atoms with van der Waals surface area (Å²) in [4.78, 5) is 43.9. The van der Waals surface area contributed by atoms with Gasteiger partial charge in [0.25, 0.3) is 5.91 Å². The van der Waals surface area contributed by atoms with E-state index < -0.39 is 11.7 Å². The molecule has 2 aromatic rings. The lowest BCUT2D eigenvalue weighted by Gasteiger charge is -2.34. The van der Waals surface area contributed by atoms with Gasteiger partial charge in [0.1, 0.15) is 0 Å². The van der Waals surface area contributed by atoms with E-state index >= 15 is 0 Å². The first kappa shape index (κ1) is 17.7. The van der Waals surface area contributed by atoms with Crippen LogP contribution in [0.4, 0.5) is 0 Å². The van der Waals surface area contributed by atoms with Crippen LogP contribution in [0, 0.1) is 0 Å². The van der Waals surface area contributed by atoms with E-state index in [0.29, 0.717) is 19.1 Å². The molecule has 0 bridgehead atoms. The van der Waals surface area contributed by atoms with Gasteiger partial charge in [-0.05, 0) is 24.5 Å². The number of aromatic nitrogens is 1. The van der Waals surface area contributed by atoms with Crippen LogP contribution in [0.25, 0.3) is 10.9 Å². The topological polar surface area (TPSA) is 85.5 Å². The summed E-state index contributed by atoms with van der Waals surface area (Å²) in [5.74, 6) is -1.37. The minimum atomic E-state index is -0.703. The maximum Gasteiger partial charge on any atom is 0.288 e. The molecule has 0 unspecified atom stereocenters. The van der Waals surface area contributed by atoms with Crippen LogP contribution in [-0.4, -0.2) is 71.1 Å². The molecule has 1 saturated carbocycles. The van der Waals surface area contributed by atoms with Crippen LogP contribution >= 0.6 is 0 Å². The van der Waals surface area contributed by atoms with Crippen molar-refractivity contribution in [2.45, 2.75) is 25.3 Å². The highest BCUT2D eigenvalue weighted by atomic mass is 16.2. The zero-order chi connectivity index (χ0) is 18.8. The molecule has 0 radical (unpaired) electrons. The maximum absolute atomic E-state index is 12.3. The fraction of sp³-hybridized carbons (Fsp3) is 0.450. The molecular formula is C20H24N4O3. The number of nitrogens with one attached hydrogen (secondary N) is 2. The number of hydrogen-bond donors (Lipinski definition) is 2. The normalized spacial score (nSPS) is 17.9. The van der Waals surface area contributed by atoms with Crippen molar-refractivity contribution in [1.82, 2.24) is 20.1 Å². The Morgan fingerprint density at radius 2 is 1.81 bits per heavy atom. The van der Waals surface area contributed by atoms with Gasteiger partial charge in [-0.15, -0.1) is 0 Å². The van der Waals surface area contributed by atoms with E-state index in [9.17, 15) is 14.4 Å². The van der Waals surface area contributed by atoms with Crippen LogP contribution in [0.5, 0.6) is 0 Å². The Kier molecular flexibility index (Phi) is 4.94. The Morgan fingerprint density at radius 1 is 1.07 bits per heavy atom. The summed E-state index contributed by atoms with van der Waals surface area (Å²) in [7, 11) is 0. The quantitative estimate of drug-likeness (QED) is 0.735. The van der Waals surface area contributed by atoms with Gasteiger partial charge in [-0.3, -0.25) is 19.3 Å². The van der Waals surface area contributed by atoms with Gasteiger partial charge in [-0.25, -0.2) is 0 Å². The number of amides is 2. The number of H-pyrrole nitrogens is 1. The fourth-order valence-corrected chi connectivity index (χ4v) is 3.67. The van der Waals surface area contributed by atoms with Crippen LogP contribution in [0.2, 0.25) is 0 Å². The molecule has 2 heterocycles. The van der Waals surface area contributed by atoms with Crippen molar-refractivity contribution in [2.24, 2.45) is 0 Å². The Labute approximate surface area is 157 Å². The van der Waals surface area contributed by atoms with Crippen molar-refractivity contribution in [2.75, 3.05) is 32.7 Å². The zero-order valence-corrected chi connectivity index (χ0v) is 15.2. The van der Waals surface area contributed by atoms with Gasteiger partial charge >= 0.3 is 0 Å². The highest BCUT2D eigenvalue weighted by Gasteiger charge is 2.32. The highest BCUT2D eigenvalue weighted by molar-refractivity contribution is 6.37. The number of carbonyl (C=O) groups excluding carboxylic acids is 3. The molecule has 1 aliphatic carbocycles. The molecule has 0 spiro atoms. The van der Waals surface area contributed by atoms with Crippen molar-refractivity contribution < 1.29 is 14.4 Å². The van der Waals surface area contributed by atoms with Gasteiger partial charge in [0.05, 0.1) is 6.54 Å². The van der Waals surface area contributed by atoms with Crippen LogP contribution < -0.4 is 5.32 Å². The summed E-state index contributed by atoms with van der Waals surface area (Å²) in [5.41, 5.74) is 1.72. The molecule has 0 atom stereocenters. The minimum Gasteiger partial charge on any atom is -0.361 e. The smallest absolute Gasteiger partial charge is 0.288 e. The molecule has 7 heteroatoms. The summed E-state index contributed by atoms with van der Waals surface area (Å²) in [6.45, 7) is 3.04. The third-order valence-corrected chi connectivity index (χ3v) is 5.41. The molecule has 1 aromatic carbocycles. The lowest BCUT2D eigenvalue weighted by molar-refractivity contribution is -0.139. The second kappa shape index (κ2) is 7.52. The largest absolute Gasteiger partial charge is 0.361 e. The average molecular weight is 368 g/mol. The molecule has 1 saturated heterocycles. The van der Waals surface area contributed by atoms with E-state index in [1.165, 1.54) is 12.8 Å². The fourth-order valence-electron chi connectivity index (χ4n) is 3.67. The standard InChI is InChI=1S/C20H24N4O3/c25-18(11-14-12-21-17-4-2-1-3-16(14)17)20(27)22-13-19(26)24-9-7-23(8-10-24)15-5-6-15/h1-4,12,15,21H,5-11,13H2,(H,22,27). The van der Waals surface area contributed by atoms with Crippen molar-refractivity contribution in [1.29, 1.82) is 0 Å². The molecule has 27 heavy (non-hydrogen) atoms. The Morgan fingerprint density at radius 3 is 2.56 bits per heavy atom. The predicted octanol–water partition coefficient (Wildman–Crippen LogP) is 0.702. The number of ketones is 1. The van der Waals surface area contributed by atoms with Crippen LogP contribution in [0.1, 0.15) is 18.4 Å². The van der Waals surface area contributed by atoms with E-state index in [4.69, 9.17) is 0 Å². The highest BCUT2D eigenvalue weighted by Crippen LogP contribution is 2.27. The van der Waals surface area contributed by atoms with Gasteiger partial charge in [0.15, 0.2) is 0 Å².